The van der Waals surface area contributed by atoms with E-state index < -0.39 is 5.91 Å². The van der Waals surface area contributed by atoms with Gasteiger partial charge < -0.3 is 25.8 Å². The van der Waals surface area contributed by atoms with E-state index >= 15 is 0 Å². The molecule has 2 amide bonds. The normalized spacial score (nSPS) is 19.1. The van der Waals surface area contributed by atoms with Crippen molar-refractivity contribution >= 4 is 29.1 Å². The molecule has 4 N–H and O–H groups in total. The number of nitrogens with one attached hydrogen (secondary N) is 2. The summed E-state index contributed by atoms with van der Waals surface area (Å²) < 4.78 is 1.87. The molecule has 2 atom stereocenters. The second-order valence-corrected chi connectivity index (χ2v) is 6.88. The number of amides is 2. The number of carbonyl (C=O) groups is 2. The highest BCUT2D eigenvalue weighted by Crippen LogP contribution is 2.23. The molecule has 0 unspecified atom stereocenters. The van der Waals surface area contributed by atoms with Crippen molar-refractivity contribution in [1.82, 2.24) is 19.4 Å². The third-order valence-electron chi connectivity index (χ3n) is 4.88. The van der Waals surface area contributed by atoms with Crippen LogP contribution < -0.4 is 16.4 Å². The lowest BCUT2D eigenvalue weighted by molar-refractivity contribution is -0.129. The molecule has 9 nitrogen and oxygen atoms in total. The largest absolute Gasteiger partial charge is 0.364 e. The number of rotatable bonds is 6. The summed E-state index contributed by atoms with van der Waals surface area (Å²) in [5, 5.41) is 6.42. The number of aromatic nitrogens is 3. The van der Waals surface area contributed by atoms with Crippen LogP contribution in [0.4, 0.5) is 17.3 Å². The summed E-state index contributed by atoms with van der Waals surface area (Å²) in [6.07, 6.45) is 8.32. The molecule has 9 heteroatoms. The van der Waals surface area contributed by atoms with E-state index in [1.165, 1.54) is 12.3 Å². The predicted octanol–water partition coefficient (Wildman–Crippen LogP) is 1.63. The second kappa shape index (κ2) is 8.12. The summed E-state index contributed by atoms with van der Waals surface area (Å²) in [7, 11) is 1.89. The lowest BCUT2D eigenvalue weighted by Gasteiger charge is -2.39. The van der Waals surface area contributed by atoms with Crippen molar-refractivity contribution in [3.8, 4) is 0 Å². The van der Waals surface area contributed by atoms with Crippen LogP contribution in [-0.2, 0) is 11.8 Å². The maximum Gasteiger partial charge on any atom is 0.271 e. The van der Waals surface area contributed by atoms with Crippen LogP contribution in [-0.4, -0.2) is 49.9 Å². The zero-order chi connectivity index (χ0) is 20.3. The number of primary amides is 1. The Morgan fingerprint density at radius 2 is 2.21 bits per heavy atom. The van der Waals surface area contributed by atoms with Crippen molar-refractivity contribution in [3.63, 3.8) is 0 Å². The first-order valence-electron chi connectivity index (χ1n) is 9.14. The first-order valence-corrected chi connectivity index (χ1v) is 9.14. The van der Waals surface area contributed by atoms with Gasteiger partial charge in [0.05, 0.1) is 11.9 Å². The SMILES string of the molecule is C=CC(=O)N1CCC[C@@H](Nc2cnc(C(N)=O)c(Nc3ccn(C)c3)n2)[C@H]1C. The van der Waals surface area contributed by atoms with Gasteiger partial charge in [-0.1, -0.05) is 6.58 Å². The highest BCUT2D eigenvalue weighted by atomic mass is 16.2. The number of aryl methyl sites for hydroxylation is 1. The van der Waals surface area contributed by atoms with Crippen LogP contribution in [0.2, 0.25) is 0 Å². The summed E-state index contributed by atoms with van der Waals surface area (Å²) in [4.78, 5) is 34.2. The fraction of sp³-hybridized carbons (Fsp3) is 0.368. The van der Waals surface area contributed by atoms with Crippen LogP contribution in [0.5, 0.6) is 0 Å². The summed E-state index contributed by atoms with van der Waals surface area (Å²) in [6.45, 7) is 6.27. The fourth-order valence-corrected chi connectivity index (χ4v) is 3.39. The number of nitrogens with two attached hydrogens (primary N) is 1. The van der Waals surface area contributed by atoms with Gasteiger partial charge in [-0.3, -0.25) is 9.59 Å². The number of carbonyl (C=O) groups excluding carboxylic acids is 2. The minimum absolute atomic E-state index is 0.0101. The number of anilines is 3. The van der Waals surface area contributed by atoms with Crippen molar-refractivity contribution in [1.29, 1.82) is 0 Å². The Morgan fingerprint density at radius 1 is 1.43 bits per heavy atom. The van der Waals surface area contributed by atoms with Gasteiger partial charge in [-0.15, -0.1) is 0 Å². The van der Waals surface area contributed by atoms with E-state index in [1.54, 1.807) is 4.90 Å². The van der Waals surface area contributed by atoms with Gasteiger partial charge in [0.15, 0.2) is 11.5 Å². The van der Waals surface area contributed by atoms with E-state index in [2.05, 4.69) is 27.2 Å². The van der Waals surface area contributed by atoms with Crippen molar-refractivity contribution in [2.75, 3.05) is 17.2 Å². The van der Waals surface area contributed by atoms with Crippen molar-refractivity contribution in [2.24, 2.45) is 12.8 Å². The Labute approximate surface area is 163 Å². The first-order chi connectivity index (χ1) is 13.4. The van der Waals surface area contributed by atoms with Crippen molar-refractivity contribution in [3.05, 3.63) is 43.0 Å². The van der Waals surface area contributed by atoms with E-state index in [4.69, 9.17) is 5.73 Å². The maximum absolute atomic E-state index is 12.0. The van der Waals surface area contributed by atoms with E-state index in [0.29, 0.717) is 12.4 Å². The Hall–Kier alpha value is -3.36. The Bertz CT molecular complexity index is 892. The number of nitrogens with zero attached hydrogens (tertiary/aromatic N) is 4. The average Bonchev–Trinajstić information content (AvgIpc) is 3.07. The van der Waals surface area contributed by atoms with Crippen LogP contribution in [0.1, 0.15) is 30.3 Å². The first kappa shape index (κ1) is 19.4. The molecule has 1 saturated heterocycles. The lowest BCUT2D eigenvalue weighted by atomic mass is 9.97. The standard InChI is InChI=1S/C19H25N7O2/c1-4-16(27)26-8-5-6-14(12(26)2)23-15-10-21-17(18(20)28)19(24-15)22-13-7-9-25(3)11-13/h4,7,9-12,14H,1,5-6,8H2,2-3H3,(H2,20,28)(H2,22,23,24)/t12-,14-/m1/s1. The summed E-state index contributed by atoms with van der Waals surface area (Å²) >= 11 is 0. The van der Waals surface area contributed by atoms with Crippen LogP contribution >= 0.6 is 0 Å². The number of piperidine rings is 1. The molecule has 0 saturated carbocycles. The number of hydrogen-bond acceptors (Lipinski definition) is 6. The molecule has 3 heterocycles. The highest BCUT2D eigenvalue weighted by Gasteiger charge is 2.30. The topological polar surface area (TPSA) is 118 Å². The third kappa shape index (κ3) is 4.13. The van der Waals surface area contributed by atoms with E-state index in [1.807, 2.05) is 37.0 Å². The summed E-state index contributed by atoms with van der Waals surface area (Å²) in [6, 6.07) is 1.84. The Balaban J connectivity index is 1.82. The molecule has 0 aliphatic carbocycles. The molecule has 1 aliphatic heterocycles. The quantitative estimate of drug-likeness (QED) is 0.653. The smallest absolute Gasteiger partial charge is 0.271 e. The lowest BCUT2D eigenvalue weighted by Crippen LogP contribution is -2.51. The van der Waals surface area contributed by atoms with Gasteiger partial charge in [-0.2, -0.15) is 0 Å². The molecule has 0 bridgehead atoms. The van der Waals surface area contributed by atoms with Gasteiger partial charge >= 0.3 is 0 Å². The van der Waals surface area contributed by atoms with Crippen LogP contribution in [0, 0.1) is 0 Å². The molecule has 2 aromatic heterocycles. The molecule has 0 spiro atoms. The van der Waals surface area contributed by atoms with Crippen LogP contribution in [0.15, 0.2) is 37.3 Å². The zero-order valence-corrected chi connectivity index (χ0v) is 16.1. The summed E-state index contributed by atoms with van der Waals surface area (Å²) in [5.74, 6) is 0.0474. The van der Waals surface area contributed by atoms with Gasteiger partial charge in [0.25, 0.3) is 5.91 Å². The molecule has 1 aliphatic rings. The molecule has 0 radical (unpaired) electrons. The van der Waals surface area contributed by atoms with Crippen molar-refractivity contribution < 1.29 is 9.59 Å². The number of likely N-dealkylation sites (tertiary alicyclic amines) is 1. The Kier molecular flexibility index (Phi) is 5.62. The molecule has 0 aromatic carbocycles. The maximum atomic E-state index is 12.0. The third-order valence-corrected chi connectivity index (χ3v) is 4.88. The molecule has 28 heavy (non-hydrogen) atoms. The Morgan fingerprint density at radius 3 is 2.86 bits per heavy atom. The van der Waals surface area contributed by atoms with E-state index in [0.717, 1.165) is 18.5 Å². The van der Waals surface area contributed by atoms with E-state index in [9.17, 15) is 9.59 Å². The van der Waals surface area contributed by atoms with Crippen molar-refractivity contribution in [2.45, 2.75) is 31.8 Å². The zero-order valence-electron chi connectivity index (χ0n) is 16.1. The minimum Gasteiger partial charge on any atom is -0.364 e. The molecular weight excluding hydrogens is 358 g/mol. The molecule has 148 valence electrons. The van der Waals surface area contributed by atoms with Gasteiger partial charge in [-0.25, -0.2) is 9.97 Å². The van der Waals surface area contributed by atoms with E-state index in [-0.39, 0.29) is 29.5 Å². The molecule has 1 fully saturated rings. The van der Waals surface area contributed by atoms with Gasteiger partial charge in [-0.05, 0) is 31.9 Å². The fourth-order valence-electron chi connectivity index (χ4n) is 3.39. The van der Waals surface area contributed by atoms with Crippen LogP contribution in [0.25, 0.3) is 0 Å². The average molecular weight is 383 g/mol. The van der Waals surface area contributed by atoms with Gasteiger partial charge in [0.1, 0.15) is 5.82 Å². The van der Waals surface area contributed by atoms with Crippen LogP contribution in [0.3, 0.4) is 0 Å². The highest BCUT2D eigenvalue weighted by molar-refractivity contribution is 5.96. The molecule has 3 rings (SSSR count). The monoisotopic (exact) mass is 383 g/mol. The van der Waals surface area contributed by atoms with Gasteiger partial charge in [0.2, 0.25) is 5.91 Å². The number of hydrogen-bond donors (Lipinski definition) is 3. The molecular formula is C19H25N7O2. The van der Waals surface area contributed by atoms with Gasteiger partial charge in [0, 0.05) is 38.1 Å². The second-order valence-electron chi connectivity index (χ2n) is 6.88. The molecule has 2 aromatic rings. The summed E-state index contributed by atoms with van der Waals surface area (Å²) in [5.41, 5.74) is 6.27. The predicted molar refractivity (Wildman–Crippen MR) is 107 cm³/mol. The minimum atomic E-state index is -0.661.